The first-order valence-electron chi connectivity index (χ1n) is 5.46. The molecule has 0 bridgehead atoms. The van der Waals surface area contributed by atoms with Gasteiger partial charge in [-0.1, -0.05) is 19.8 Å². The molecule has 1 rings (SSSR count). The Morgan fingerprint density at radius 1 is 1.47 bits per heavy atom. The van der Waals surface area contributed by atoms with Crippen molar-refractivity contribution < 1.29 is 15.0 Å². The molecule has 0 spiro atoms. The SMILES string of the molecule is CCCC[C@H](N)C(=O)N1C[C@@H](O)[C@@H](O)C1. The minimum Gasteiger partial charge on any atom is -0.388 e. The molecular weight excluding hydrogens is 196 g/mol. The second-order valence-electron chi connectivity index (χ2n) is 4.13. The van der Waals surface area contributed by atoms with Crippen molar-refractivity contribution >= 4 is 5.91 Å². The van der Waals surface area contributed by atoms with E-state index in [4.69, 9.17) is 5.73 Å². The third-order valence-corrected chi connectivity index (χ3v) is 2.76. The van der Waals surface area contributed by atoms with Crippen LogP contribution in [0.1, 0.15) is 26.2 Å². The van der Waals surface area contributed by atoms with Crippen molar-refractivity contribution in [2.75, 3.05) is 13.1 Å². The van der Waals surface area contributed by atoms with Gasteiger partial charge in [-0.3, -0.25) is 4.79 Å². The molecule has 5 heteroatoms. The van der Waals surface area contributed by atoms with Gasteiger partial charge in [-0.05, 0) is 6.42 Å². The molecule has 1 fully saturated rings. The number of amides is 1. The number of carbonyl (C=O) groups is 1. The maximum absolute atomic E-state index is 11.7. The van der Waals surface area contributed by atoms with Crippen LogP contribution in [0.3, 0.4) is 0 Å². The number of unbranched alkanes of at least 4 members (excludes halogenated alkanes) is 1. The summed E-state index contributed by atoms with van der Waals surface area (Å²) in [6, 6.07) is -0.498. The fourth-order valence-electron chi connectivity index (χ4n) is 1.73. The summed E-state index contributed by atoms with van der Waals surface area (Å²) in [7, 11) is 0. The Morgan fingerprint density at radius 2 is 2.00 bits per heavy atom. The molecule has 0 aromatic rings. The summed E-state index contributed by atoms with van der Waals surface area (Å²) >= 11 is 0. The van der Waals surface area contributed by atoms with Crippen molar-refractivity contribution in [3.8, 4) is 0 Å². The van der Waals surface area contributed by atoms with E-state index < -0.39 is 18.2 Å². The Balaban J connectivity index is 2.40. The number of rotatable bonds is 4. The standard InChI is InChI=1S/C10H20N2O3/c1-2-3-4-7(11)10(15)12-5-8(13)9(14)6-12/h7-9,13-14H,2-6,11H2,1H3/t7-,8-,9+/m0/s1. The Hall–Kier alpha value is -0.650. The van der Waals surface area contributed by atoms with Gasteiger partial charge >= 0.3 is 0 Å². The first-order chi connectivity index (χ1) is 7.06. The summed E-state index contributed by atoms with van der Waals surface area (Å²) < 4.78 is 0. The third kappa shape index (κ3) is 3.15. The summed E-state index contributed by atoms with van der Waals surface area (Å²) in [5, 5.41) is 18.6. The molecule has 0 saturated carbocycles. The summed E-state index contributed by atoms with van der Waals surface area (Å²) in [4.78, 5) is 13.2. The normalized spacial score (nSPS) is 28.1. The molecule has 1 amide bonds. The number of hydrogen-bond donors (Lipinski definition) is 3. The lowest BCUT2D eigenvalue weighted by molar-refractivity contribution is -0.132. The van der Waals surface area contributed by atoms with Gasteiger partial charge < -0.3 is 20.8 Å². The monoisotopic (exact) mass is 216 g/mol. The number of carbonyl (C=O) groups excluding carboxylic acids is 1. The third-order valence-electron chi connectivity index (χ3n) is 2.76. The molecule has 0 aliphatic carbocycles. The van der Waals surface area contributed by atoms with Crippen LogP contribution in [0.15, 0.2) is 0 Å². The topological polar surface area (TPSA) is 86.8 Å². The van der Waals surface area contributed by atoms with Crippen molar-refractivity contribution in [1.29, 1.82) is 0 Å². The highest BCUT2D eigenvalue weighted by Gasteiger charge is 2.34. The molecule has 88 valence electrons. The van der Waals surface area contributed by atoms with Gasteiger partial charge in [0.15, 0.2) is 0 Å². The maximum Gasteiger partial charge on any atom is 0.239 e. The minimum atomic E-state index is -0.827. The molecule has 0 aromatic heterocycles. The number of nitrogens with zero attached hydrogens (tertiary/aromatic N) is 1. The quantitative estimate of drug-likeness (QED) is 0.566. The summed E-state index contributed by atoms with van der Waals surface area (Å²) in [6.45, 7) is 2.43. The maximum atomic E-state index is 11.7. The van der Waals surface area contributed by atoms with E-state index in [2.05, 4.69) is 0 Å². The van der Waals surface area contributed by atoms with Crippen LogP contribution < -0.4 is 5.73 Å². The highest BCUT2D eigenvalue weighted by molar-refractivity contribution is 5.82. The van der Waals surface area contributed by atoms with Crippen molar-refractivity contribution in [2.24, 2.45) is 5.73 Å². The number of aliphatic hydroxyl groups excluding tert-OH is 2. The Labute approximate surface area is 89.9 Å². The van der Waals surface area contributed by atoms with E-state index in [0.29, 0.717) is 6.42 Å². The predicted molar refractivity (Wildman–Crippen MR) is 56.1 cm³/mol. The Bertz CT molecular complexity index is 213. The van der Waals surface area contributed by atoms with Gasteiger partial charge in [-0.25, -0.2) is 0 Å². The van der Waals surface area contributed by atoms with Crippen LogP contribution in [-0.4, -0.2) is 52.4 Å². The molecule has 15 heavy (non-hydrogen) atoms. The highest BCUT2D eigenvalue weighted by atomic mass is 16.3. The lowest BCUT2D eigenvalue weighted by atomic mass is 10.1. The average Bonchev–Trinajstić information content (AvgIpc) is 2.54. The van der Waals surface area contributed by atoms with E-state index in [1.807, 2.05) is 6.92 Å². The molecule has 0 unspecified atom stereocenters. The molecular formula is C10H20N2O3. The Kier molecular flexibility index (Phi) is 4.50. The smallest absolute Gasteiger partial charge is 0.239 e. The van der Waals surface area contributed by atoms with Gasteiger partial charge in [0.05, 0.1) is 18.2 Å². The number of nitrogens with two attached hydrogens (primary N) is 1. The van der Waals surface area contributed by atoms with E-state index in [1.165, 1.54) is 4.90 Å². The molecule has 1 saturated heterocycles. The molecule has 1 heterocycles. The summed E-state index contributed by atoms with van der Waals surface area (Å²) in [5.41, 5.74) is 5.72. The Morgan fingerprint density at radius 3 is 2.47 bits per heavy atom. The number of β-amino-alcohol motifs (C(OH)–C–C–N with tert-alkyl or cyclic N) is 2. The van der Waals surface area contributed by atoms with Crippen molar-refractivity contribution in [3.63, 3.8) is 0 Å². The van der Waals surface area contributed by atoms with Crippen molar-refractivity contribution in [1.82, 2.24) is 4.90 Å². The molecule has 5 nitrogen and oxygen atoms in total. The first kappa shape index (κ1) is 12.4. The van der Waals surface area contributed by atoms with Gasteiger partial charge in [0.1, 0.15) is 0 Å². The predicted octanol–water partition coefficient (Wildman–Crippen LogP) is -0.932. The summed E-state index contributed by atoms with van der Waals surface area (Å²) in [5.74, 6) is -0.168. The van der Waals surface area contributed by atoms with Crippen LogP contribution in [0.2, 0.25) is 0 Å². The number of likely N-dealkylation sites (tertiary alicyclic amines) is 1. The lowest BCUT2D eigenvalue weighted by Gasteiger charge is -2.19. The molecule has 1 aliphatic heterocycles. The molecule has 0 aromatic carbocycles. The fourth-order valence-corrected chi connectivity index (χ4v) is 1.73. The number of aliphatic hydroxyl groups is 2. The van der Waals surface area contributed by atoms with Gasteiger partial charge in [-0.2, -0.15) is 0 Å². The zero-order valence-corrected chi connectivity index (χ0v) is 9.09. The van der Waals surface area contributed by atoms with Crippen molar-refractivity contribution in [2.45, 2.75) is 44.4 Å². The van der Waals surface area contributed by atoms with E-state index in [1.54, 1.807) is 0 Å². The van der Waals surface area contributed by atoms with Crippen LogP contribution in [0.4, 0.5) is 0 Å². The minimum absolute atomic E-state index is 0.168. The highest BCUT2D eigenvalue weighted by Crippen LogP contribution is 2.12. The second kappa shape index (κ2) is 5.44. The fraction of sp³-hybridized carbons (Fsp3) is 0.900. The van der Waals surface area contributed by atoms with Crippen LogP contribution in [0.25, 0.3) is 0 Å². The molecule has 4 N–H and O–H groups in total. The van der Waals surface area contributed by atoms with Crippen LogP contribution in [0.5, 0.6) is 0 Å². The lowest BCUT2D eigenvalue weighted by Crippen LogP contribution is -2.43. The van der Waals surface area contributed by atoms with Crippen LogP contribution >= 0.6 is 0 Å². The molecule has 3 atom stereocenters. The van der Waals surface area contributed by atoms with Gasteiger partial charge in [0, 0.05) is 13.1 Å². The average molecular weight is 216 g/mol. The summed E-state index contributed by atoms with van der Waals surface area (Å²) in [6.07, 6.45) is 0.940. The second-order valence-corrected chi connectivity index (χ2v) is 4.13. The van der Waals surface area contributed by atoms with E-state index in [9.17, 15) is 15.0 Å². The number of hydrogen-bond acceptors (Lipinski definition) is 4. The van der Waals surface area contributed by atoms with E-state index in [-0.39, 0.29) is 19.0 Å². The molecule has 1 aliphatic rings. The van der Waals surface area contributed by atoms with E-state index >= 15 is 0 Å². The van der Waals surface area contributed by atoms with Crippen LogP contribution in [-0.2, 0) is 4.79 Å². The van der Waals surface area contributed by atoms with Gasteiger partial charge in [0.2, 0.25) is 5.91 Å². The largest absolute Gasteiger partial charge is 0.388 e. The zero-order chi connectivity index (χ0) is 11.4. The molecule has 0 radical (unpaired) electrons. The van der Waals surface area contributed by atoms with Gasteiger partial charge in [-0.15, -0.1) is 0 Å². The van der Waals surface area contributed by atoms with Crippen molar-refractivity contribution in [3.05, 3.63) is 0 Å². The van der Waals surface area contributed by atoms with Crippen LogP contribution in [0, 0.1) is 0 Å². The van der Waals surface area contributed by atoms with E-state index in [0.717, 1.165) is 12.8 Å². The first-order valence-corrected chi connectivity index (χ1v) is 5.46. The zero-order valence-electron chi connectivity index (χ0n) is 9.09. The van der Waals surface area contributed by atoms with Gasteiger partial charge in [0.25, 0.3) is 0 Å².